The third kappa shape index (κ3) is 5.15. The Balaban J connectivity index is 1.65. The average Bonchev–Trinajstić information content (AvgIpc) is 2.53. The van der Waals surface area contributed by atoms with Crippen molar-refractivity contribution < 1.29 is 4.79 Å². The second kappa shape index (κ2) is 8.54. The first kappa shape index (κ1) is 16.5. The molecule has 1 saturated heterocycles. The molecule has 2 N–H and O–H groups in total. The van der Waals surface area contributed by atoms with Gasteiger partial charge in [-0.1, -0.05) is 19.3 Å². The molecule has 1 saturated carbocycles. The summed E-state index contributed by atoms with van der Waals surface area (Å²) in [5.41, 5.74) is 0. The van der Waals surface area contributed by atoms with Crippen LogP contribution in [-0.2, 0) is 4.79 Å². The van der Waals surface area contributed by atoms with E-state index in [9.17, 15) is 4.79 Å². The molecule has 1 amide bonds. The topological polar surface area (TPSA) is 41.1 Å². The summed E-state index contributed by atoms with van der Waals surface area (Å²) in [6.07, 6.45) is 11.1. The van der Waals surface area contributed by atoms with Crippen molar-refractivity contribution in [3.63, 3.8) is 0 Å². The number of carbonyl (C=O) groups is 1. The van der Waals surface area contributed by atoms with Gasteiger partial charge < -0.3 is 10.6 Å². The van der Waals surface area contributed by atoms with Crippen LogP contribution in [0.4, 0.5) is 0 Å². The van der Waals surface area contributed by atoms with Gasteiger partial charge in [-0.25, -0.2) is 0 Å². The van der Waals surface area contributed by atoms with Gasteiger partial charge in [0.15, 0.2) is 0 Å². The zero-order valence-corrected chi connectivity index (χ0v) is 14.2. The molecule has 1 aliphatic carbocycles. The fourth-order valence-corrected chi connectivity index (χ4v) is 5.09. The lowest BCUT2D eigenvalue weighted by molar-refractivity contribution is -0.118. The van der Waals surface area contributed by atoms with Crippen LogP contribution in [0.1, 0.15) is 44.9 Å². The first-order valence-electron chi connectivity index (χ1n) is 7.88. The van der Waals surface area contributed by atoms with E-state index in [2.05, 4.69) is 16.9 Å². The van der Waals surface area contributed by atoms with Crippen LogP contribution in [0.5, 0.6) is 0 Å². The Morgan fingerprint density at radius 2 is 1.95 bits per heavy atom. The summed E-state index contributed by atoms with van der Waals surface area (Å²) in [5.74, 6) is 0.863. The van der Waals surface area contributed by atoms with Gasteiger partial charge in [0.2, 0.25) is 5.91 Å². The lowest BCUT2D eigenvalue weighted by atomic mass is 9.88. The number of piperidine rings is 1. The third-order valence-corrected chi connectivity index (χ3v) is 7.33. The molecule has 2 fully saturated rings. The van der Waals surface area contributed by atoms with Crippen LogP contribution in [0, 0.1) is 0 Å². The Hall–Kier alpha value is 0.130. The molecule has 1 aliphatic heterocycles. The smallest absolute Gasteiger partial charge is 0.230 e. The molecule has 2 aliphatic rings. The van der Waals surface area contributed by atoms with Crippen LogP contribution in [-0.4, -0.2) is 47.5 Å². The second-order valence-electron chi connectivity index (χ2n) is 5.98. The van der Waals surface area contributed by atoms with Crippen LogP contribution in [0.25, 0.3) is 0 Å². The number of carbonyl (C=O) groups excluding carboxylic acids is 1. The molecule has 0 aromatic heterocycles. The van der Waals surface area contributed by atoms with Gasteiger partial charge >= 0.3 is 0 Å². The predicted molar refractivity (Wildman–Crippen MR) is 90.7 cm³/mol. The zero-order chi connectivity index (χ0) is 14.3. The zero-order valence-electron chi connectivity index (χ0n) is 12.6. The van der Waals surface area contributed by atoms with Crippen molar-refractivity contribution >= 4 is 29.4 Å². The molecule has 5 heteroatoms. The standard InChI is InChI=1S/C15H28N2OS2/c1-19-15(7-3-2-4-8-15)12-17-14(18)11-20-13-5-9-16-10-6-13/h13,16H,2-12H2,1H3,(H,17,18). The highest BCUT2D eigenvalue weighted by Crippen LogP contribution is 2.37. The SMILES string of the molecule is CSC1(CNC(=O)CSC2CCNCC2)CCCCC1. The number of amides is 1. The minimum absolute atomic E-state index is 0.229. The average molecular weight is 317 g/mol. The van der Waals surface area contributed by atoms with E-state index in [0.29, 0.717) is 15.7 Å². The molecule has 0 bridgehead atoms. The molecule has 0 aromatic rings. The Kier molecular flexibility index (Phi) is 7.05. The monoisotopic (exact) mass is 316 g/mol. The summed E-state index contributed by atoms with van der Waals surface area (Å²) >= 11 is 3.79. The van der Waals surface area contributed by atoms with Crippen LogP contribution in [0.3, 0.4) is 0 Å². The van der Waals surface area contributed by atoms with Gasteiger partial charge in [0, 0.05) is 16.5 Å². The van der Waals surface area contributed by atoms with Crippen molar-refractivity contribution in [3.05, 3.63) is 0 Å². The Labute approximate surface area is 131 Å². The van der Waals surface area contributed by atoms with Crippen molar-refractivity contribution in [2.45, 2.75) is 54.9 Å². The maximum absolute atomic E-state index is 12.0. The first-order valence-corrected chi connectivity index (χ1v) is 10.2. The number of hydrogen-bond acceptors (Lipinski definition) is 4. The van der Waals surface area contributed by atoms with Crippen molar-refractivity contribution in [2.75, 3.05) is 31.6 Å². The van der Waals surface area contributed by atoms with Gasteiger partial charge in [-0.3, -0.25) is 4.79 Å². The Morgan fingerprint density at radius 3 is 2.60 bits per heavy atom. The summed E-state index contributed by atoms with van der Waals surface area (Å²) in [5, 5.41) is 7.23. The molecule has 20 heavy (non-hydrogen) atoms. The number of thioether (sulfide) groups is 2. The molecule has 0 atom stereocenters. The third-order valence-electron chi connectivity index (χ3n) is 4.54. The quantitative estimate of drug-likeness (QED) is 0.790. The van der Waals surface area contributed by atoms with Gasteiger partial charge in [-0.2, -0.15) is 11.8 Å². The molecule has 116 valence electrons. The maximum atomic E-state index is 12.0. The Bertz CT molecular complexity index is 300. The molecular weight excluding hydrogens is 288 g/mol. The van der Waals surface area contributed by atoms with E-state index in [-0.39, 0.29) is 5.91 Å². The van der Waals surface area contributed by atoms with Crippen molar-refractivity contribution in [3.8, 4) is 0 Å². The summed E-state index contributed by atoms with van der Waals surface area (Å²) in [7, 11) is 0. The number of nitrogens with one attached hydrogen (secondary N) is 2. The van der Waals surface area contributed by atoms with Gasteiger partial charge in [-0.05, 0) is 45.0 Å². The molecule has 0 spiro atoms. The van der Waals surface area contributed by atoms with Crippen molar-refractivity contribution in [1.82, 2.24) is 10.6 Å². The van der Waals surface area contributed by atoms with Crippen LogP contribution in [0.2, 0.25) is 0 Å². The maximum Gasteiger partial charge on any atom is 0.230 e. The largest absolute Gasteiger partial charge is 0.354 e. The van der Waals surface area contributed by atoms with Gasteiger partial charge in [0.25, 0.3) is 0 Å². The van der Waals surface area contributed by atoms with Crippen LogP contribution < -0.4 is 10.6 Å². The minimum atomic E-state index is 0.229. The van der Waals surface area contributed by atoms with E-state index >= 15 is 0 Å². The number of hydrogen-bond donors (Lipinski definition) is 2. The molecule has 0 unspecified atom stereocenters. The number of rotatable bonds is 6. The predicted octanol–water partition coefficient (Wildman–Crippen LogP) is 2.65. The van der Waals surface area contributed by atoms with Gasteiger partial charge in [-0.15, -0.1) is 11.8 Å². The van der Waals surface area contributed by atoms with E-state index in [1.807, 2.05) is 23.5 Å². The highest BCUT2D eigenvalue weighted by molar-refractivity contribution is 8.00. The highest BCUT2D eigenvalue weighted by Gasteiger charge is 2.31. The molecule has 1 heterocycles. The summed E-state index contributed by atoms with van der Waals surface area (Å²) in [4.78, 5) is 12.0. The highest BCUT2D eigenvalue weighted by atomic mass is 32.2. The summed E-state index contributed by atoms with van der Waals surface area (Å²) < 4.78 is 0.313. The van der Waals surface area contributed by atoms with E-state index < -0.39 is 0 Å². The van der Waals surface area contributed by atoms with Gasteiger partial charge in [0.1, 0.15) is 0 Å². The van der Waals surface area contributed by atoms with E-state index in [0.717, 1.165) is 19.6 Å². The lowest BCUT2D eigenvalue weighted by Crippen LogP contribution is -2.42. The normalized spacial score (nSPS) is 23.4. The Morgan fingerprint density at radius 1 is 1.25 bits per heavy atom. The first-order chi connectivity index (χ1) is 9.74. The summed E-state index contributed by atoms with van der Waals surface area (Å²) in [6.45, 7) is 3.07. The van der Waals surface area contributed by atoms with Crippen molar-refractivity contribution in [1.29, 1.82) is 0 Å². The lowest BCUT2D eigenvalue weighted by Gasteiger charge is -2.35. The van der Waals surface area contributed by atoms with E-state index in [1.54, 1.807) is 0 Å². The van der Waals surface area contributed by atoms with Crippen LogP contribution in [0.15, 0.2) is 0 Å². The molecule has 2 rings (SSSR count). The fraction of sp³-hybridized carbons (Fsp3) is 0.933. The van der Waals surface area contributed by atoms with Crippen molar-refractivity contribution in [2.24, 2.45) is 0 Å². The molecular formula is C15H28N2OS2. The van der Waals surface area contributed by atoms with E-state index in [1.165, 1.54) is 44.9 Å². The second-order valence-corrected chi connectivity index (χ2v) is 8.55. The molecule has 0 aromatic carbocycles. The minimum Gasteiger partial charge on any atom is -0.354 e. The van der Waals surface area contributed by atoms with Gasteiger partial charge in [0.05, 0.1) is 5.75 Å². The van der Waals surface area contributed by atoms with E-state index in [4.69, 9.17) is 0 Å². The molecule has 0 radical (unpaired) electrons. The molecule has 3 nitrogen and oxygen atoms in total. The summed E-state index contributed by atoms with van der Waals surface area (Å²) in [6, 6.07) is 0. The fourth-order valence-electron chi connectivity index (χ4n) is 3.12. The van der Waals surface area contributed by atoms with Crippen LogP contribution >= 0.6 is 23.5 Å².